The third kappa shape index (κ3) is 4.76. The molecule has 1 aromatic heterocycles. The number of imidazole rings is 1. The van der Waals surface area contributed by atoms with Gasteiger partial charge in [-0.05, 0) is 36.1 Å². The highest BCUT2D eigenvalue weighted by Crippen LogP contribution is 2.17. The third-order valence-electron chi connectivity index (χ3n) is 4.73. The lowest BCUT2D eigenvalue weighted by Crippen LogP contribution is -2.38. The SMILES string of the molecule is CN=C(NCc1ccc(-n2ccnc2C)c(F)c1)NCC(C)c1ccccc1. The third-order valence-corrected chi connectivity index (χ3v) is 4.73. The maximum Gasteiger partial charge on any atom is 0.191 e. The maximum absolute atomic E-state index is 14.5. The minimum atomic E-state index is -0.277. The van der Waals surface area contributed by atoms with Crippen molar-refractivity contribution in [1.82, 2.24) is 20.2 Å². The lowest BCUT2D eigenvalue weighted by molar-refractivity contribution is 0.613. The summed E-state index contributed by atoms with van der Waals surface area (Å²) in [5.74, 6) is 1.52. The second kappa shape index (κ2) is 9.17. The second-order valence-corrected chi connectivity index (χ2v) is 6.75. The van der Waals surface area contributed by atoms with Crippen LogP contribution in [-0.2, 0) is 6.54 Å². The summed E-state index contributed by atoms with van der Waals surface area (Å²) in [6.07, 6.45) is 3.42. The van der Waals surface area contributed by atoms with Gasteiger partial charge in [-0.25, -0.2) is 9.37 Å². The van der Waals surface area contributed by atoms with E-state index in [4.69, 9.17) is 0 Å². The van der Waals surface area contributed by atoms with E-state index in [0.717, 1.165) is 17.9 Å². The van der Waals surface area contributed by atoms with Crippen molar-refractivity contribution >= 4 is 5.96 Å². The van der Waals surface area contributed by atoms with E-state index in [1.54, 1.807) is 36.1 Å². The molecule has 0 aliphatic rings. The predicted octanol–water partition coefficient (Wildman–Crippen LogP) is 3.79. The molecule has 3 aromatic rings. The summed E-state index contributed by atoms with van der Waals surface area (Å²) in [7, 11) is 1.73. The second-order valence-electron chi connectivity index (χ2n) is 6.75. The fourth-order valence-corrected chi connectivity index (χ4v) is 3.04. The smallest absolute Gasteiger partial charge is 0.191 e. The maximum atomic E-state index is 14.5. The number of hydrogen-bond donors (Lipinski definition) is 2. The van der Waals surface area contributed by atoms with Gasteiger partial charge in [0.2, 0.25) is 0 Å². The van der Waals surface area contributed by atoms with Gasteiger partial charge in [0.05, 0.1) is 5.69 Å². The predicted molar refractivity (Wildman–Crippen MR) is 111 cm³/mol. The Morgan fingerprint density at radius 3 is 2.61 bits per heavy atom. The average Bonchev–Trinajstić information content (AvgIpc) is 3.14. The summed E-state index contributed by atoms with van der Waals surface area (Å²) in [5, 5.41) is 6.56. The molecule has 3 rings (SSSR count). The topological polar surface area (TPSA) is 54.2 Å². The molecule has 0 aliphatic heterocycles. The van der Waals surface area contributed by atoms with Crippen LogP contribution in [0.25, 0.3) is 5.69 Å². The number of nitrogens with one attached hydrogen (secondary N) is 2. The van der Waals surface area contributed by atoms with Crippen LogP contribution in [0.15, 0.2) is 65.9 Å². The molecule has 0 radical (unpaired) electrons. The first-order chi connectivity index (χ1) is 13.6. The molecule has 0 aliphatic carbocycles. The fourth-order valence-electron chi connectivity index (χ4n) is 3.04. The molecule has 1 heterocycles. The number of guanidine groups is 1. The molecule has 5 nitrogen and oxygen atoms in total. The van der Waals surface area contributed by atoms with Crippen molar-refractivity contribution in [3.8, 4) is 5.69 Å². The highest BCUT2D eigenvalue weighted by Gasteiger charge is 2.09. The number of aryl methyl sites for hydroxylation is 1. The summed E-state index contributed by atoms with van der Waals surface area (Å²) in [6, 6.07) is 15.6. The van der Waals surface area contributed by atoms with E-state index in [0.29, 0.717) is 24.1 Å². The molecule has 1 atom stereocenters. The van der Waals surface area contributed by atoms with Gasteiger partial charge in [0, 0.05) is 32.5 Å². The lowest BCUT2D eigenvalue weighted by Gasteiger charge is -2.16. The van der Waals surface area contributed by atoms with Crippen LogP contribution in [0.4, 0.5) is 4.39 Å². The molecule has 2 N–H and O–H groups in total. The van der Waals surface area contributed by atoms with Crippen LogP contribution in [0.1, 0.15) is 29.8 Å². The van der Waals surface area contributed by atoms with Crippen molar-refractivity contribution in [3.05, 3.63) is 83.7 Å². The Morgan fingerprint density at radius 2 is 1.96 bits per heavy atom. The first kappa shape index (κ1) is 19.6. The highest BCUT2D eigenvalue weighted by molar-refractivity contribution is 5.79. The molecule has 28 heavy (non-hydrogen) atoms. The molecule has 0 saturated carbocycles. The van der Waals surface area contributed by atoms with Gasteiger partial charge in [-0.2, -0.15) is 0 Å². The lowest BCUT2D eigenvalue weighted by atomic mass is 10.0. The first-order valence-corrected chi connectivity index (χ1v) is 9.36. The van der Waals surface area contributed by atoms with Gasteiger partial charge < -0.3 is 15.2 Å². The molecule has 0 spiro atoms. The molecule has 0 bridgehead atoms. The van der Waals surface area contributed by atoms with Gasteiger partial charge in [-0.15, -0.1) is 0 Å². The molecule has 0 amide bonds. The number of benzene rings is 2. The van der Waals surface area contributed by atoms with Gasteiger partial charge >= 0.3 is 0 Å². The Balaban J connectivity index is 1.56. The minimum absolute atomic E-state index is 0.277. The Morgan fingerprint density at radius 1 is 1.18 bits per heavy atom. The summed E-state index contributed by atoms with van der Waals surface area (Å²) in [6.45, 7) is 5.26. The first-order valence-electron chi connectivity index (χ1n) is 9.36. The molecule has 6 heteroatoms. The Bertz CT molecular complexity index is 933. The van der Waals surface area contributed by atoms with Gasteiger partial charge in [0.25, 0.3) is 0 Å². The van der Waals surface area contributed by atoms with Gasteiger partial charge in [-0.1, -0.05) is 43.3 Å². The van der Waals surface area contributed by atoms with Crippen molar-refractivity contribution < 1.29 is 4.39 Å². The van der Waals surface area contributed by atoms with E-state index < -0.39 is 0 Å². The number of aliphatic imine (C=N–C) groups is 1. The molecular formula is C22H26FN5. The van der Waals surface area contributed by atoms with E-state index in [9.17, 15) is 4.39 Å². The fraction of sp³-hybridized carbons (Fsp3) is 0.273. The summed E-state index contributed by atoms with van der Waals surface area (Å²) < 4.78 is 16.3. The Labute approximate surface area is 165 Å². The van der Waals surface area contributed by atoms with Crippen molar-refractivity contribution in [1.29, 1.82) is 0 Å². The van der Waals surface area contributed by atoms with Crippen LogP contribution in [0, 0.1) is 12.7 Å². The van der Waals surface area contributed by atoms with Crippen LogP contribution in [0.2, 0.25) is 0 Å². The normalized spacial score (nSPS) is 12.6. The Hall–Kier alpha value is -3.15. The van der Waals surface area contributed by atoms with Gasteiger partial charge in [-0.3, -0.25) is 4.99 Å². The monoisotopic (exact) mass is 379 g/mol. The van der Waals surface area contributed by atoms with Crippen LogP contribution in [0.5, 0.6) is 0 Å². The van der Waals surface area contributed by atoms with E-state index in [-0.39, 0.29) is 5.82 Å². The quantitative estimate of drug-likeness (QED) is 0.506. The van der Waals surface area contributed by atoms with Crippen molar-refractivity contribution in [2.75, 3.05) is 13.6 Å². The number of aromatic nitrogens is 2. The summed E-state index contributed by atoms with van der Waals surface area (Å²) >= 11 is 0. The van der Waals surface area contributed by atoms with Gasteiger partial charge in [0.15, 0.2) is 5.96 Å². The highest BCUT2D eigenvalue weighted by atomic mass is 19.1. The minimum Gasteiger partial charge on any atom is -0.356 e. The number of nitrogens with zero attached hydrogens (tertiary/aromatic N) is 3. The van der Waals surface area contributed by atoms with E-state index in [1.807, 2.05) is 31.2 Å². The molecule has 2 aromatic carbocycles. The number of halogens is 1. The Kier molecular flexibility index (Phi) is 6.42. The van der Waals surface area contributed by atoms with Gasteiger partial charge in [0.1, 0.15) is 11.6 Å². The van der Waals surface area contributed by atoms with Crippen LogP contribution >= 0.6 is 0 Å². The van der Waals surface area contributed by atoms with Crippen molar-refractivity contribution in [3.63, 3.8) is 0 Å². The van der Waals surface area contributed by atoms with Crippen LogP contribution in [0.3, 0.4) is 0 Å². The zero-order valence-electron chi connectivity index (χ0n) is 16.5. The number of rotatable bonds is 6. The molecule has 0 fully saturated rings. The van der Waals surface area contributed by atoms with Crippen LogP contribution < -0.4 is 10.6 Å². The molecular weight excluding hydrogens is 353 g/mol. The zero-order chi connectivity index (χ0) is 19.9. The summed E-state index contributed by atoms with van der Waals surface area (Å²) in [5.41, 5.74) is 2.62. The van der Waals surface area contributed by atoms with E-state index in [1.165, 1.54) is 5.56 Å². The molecule has 0 saturated heterocycles. The standard InChI is InChI=1S/C22H26FN5/c1-16(19-7-5-4-6-8-19)14-26-22(24-3)27-15-18-9-10-21(20(23)13-18)28-12-11-25-17(28)2/h4-13,16H,14-15H2,1-3H3,(H2,24,26,27). The van der Waals surface area contributed by atoms with Crippen LogP contribution in [-0.4, -0.2) is 29.1 Å². The van der Waals surface area contributed by atoms with E-state index >= 15 is 0 Å². The number of hydrogen-bond acceptors (Lipinski definition) is 2. The largest absolute Gasteiger partial charge is 0.356 e. The van der Waals surface area contributed by atoms with Crippen molar-refractivity contribution in [2.45, 2.75) is 26.3 Å². The molecule has 146 valence electrons. The van der Waals surface area contributed by atoms with Crippen molar-refractivity contribution in [2.24, 2.45) is 4.99 Å². The van der Waals surface area contributed by atoms with E-state index in [2.05, 4.69) is 39.7 Å². The molecule has 1 unspecified atom stereocenters. The average molecular weight is 379 g/mol. The summed E-state index contributed by atoms with van der Waals surface area (Å²) in [4.78, 5) is 8.39. The zero-order valence-corrected chi connectivity index (χ0v) is 16.5.